The molecular weight excluding hydrogens is 410 g/mol. The molecule has 0 saturated heterocycles. The van der Waals surface area contributed by atoms with Gasteiger partial charge in [-0.25, -0.2) is 0 Å². The van der Waals surface area contributed by atoms with Crippen molar-refractivity contribution in [2.45, 2.75) is 33.2 Å². The highest BCUT2D eigenvalue weighted by atomic mass is 16.3. The first-order valence-electron chi connectivity index (χ1n) is 10.2. The molecule has 3 N–H and O–H groups in total. The predicted octanol–water partition coefficient (Wildman–Crippen LogP) is 3.31. The lowest BCUT2D eigenvalue weighted by molar-refractivity contribution is 0.0909. The van der Waals surface area contributed by atoms with Gasteiger partial charge >= 0.3 is 0 Å². The predicted molar refractivity (Wildman–Crippen MR) is 118 cm³/mol. The zero-order valence-electron chi connectivity index (χ0n) is 17.8. The molecule has 8 heteroatoms. The van der Waals surface area contributed by atoms with Crippen LogP contribution in [0.15, 0.2) is 57.9 Å². The van der Waals surface area contributed by atoms with Crippen LogP contribution in [0.25, 0.3) is 0 Å². The molecule has 0 saturated carbocycles. The van der Waals surface area contributed by atoms with Crippen molar-refractivity contribution in [3.8, 4) is 0 Å². The molecule has 0 aliphatic heterocycles. The number of H-pyrrole nitrogens is 1. The highest BCUT2D eigenvalue weighted by molar-refractivity contribution is 6.03. The molecule has 0 bridgehead atoms. The standard InChI is InChI=1S/C24H23N3O5/c1-24(2)11-18-16(19(28)12-24)10-17(22(30)27-18)21(29)25-13-14-5-3-6-15(9-14)26-23(31)20-7-4-8-32-20/h3-10H,11-13H2,1-2H3,(H,25,29)(H,26,31)(H,27,30). The van der Waals surface area contributed by atoms with Crippen molar-refractivity contribution < 1.29 is 18.8 Å². The number of amides is 2. The fourth-order valence-electron chi connectivity index (χ4n) is 3.83. The van der Waals surface area contributed by atoms with Gasteiger partial charge in [0.05, 0.1) is 6.26 Å². The van der Waals surface area contributed by atoms with Crippen LogP contribution >= 0.6 is 0 Å². The molecule has 32 heavy (non-hydrogen) atoms. The number of hydrogen-bond donors (Lipinski definition) is 3. The Morgan fingerprint density at radius 2 is 1.88 bits per heavy atom. The van der Waals surface area contributed by atoms with E-state index in [2.05, 4.69) is 15.6 Å². The zero-order valence-corrected chi connectivity index (χ0v) is 17.8. The van der Waals surface area contributed by atoms with E-state index in [0.717, 1.165) is 5.56 Å². The average molecular weight is 433 g/mol. The molecule has 0 spiro atoms. The zero-order chi connectivity index (χ0) is 22.9. The Balaban J connectivity index is 1.45. The van der Waals surface area contributed by atoms with Crippen LogP contribution in [-0.2, 0) is 13.0 Å². The van der Waals surface area contributed by atoms with Gasteiger partial charge in [0.25, 0.3) is 17.4 Å². The monoisotopic (exact) mass is 433 g/mol. The Morgan fingerprint density at radius 3 is 2.62 bits per heavy atom. The molecule has 0 atom stereocenters. The molecule has 2 aromatic heterocycles. The second kappa shape index (κ2) is 8.30. The Morgan fingerprint density at radius 1 is 1.06 bits per heavy atom. The Kier molecular flexibility index (Phi) is 5.52. The summed E-state index contributed by atoms with van der Waals surface area (Å²) in [5.41, 5.74) is 1.39. The quantitative estimate of drug-likeness (QED) is 0.570. The van der Waals surface area contributed by atoms with Crippen LogP contribution in [-0.4, -0.2) is 22.6 Å². The van der Waals surface area contributed by atoms with Gasteiger partial charge in [-0.3, -0.25) is 19.2 Å². The van der Waals surface area contributed by atoms with Crippen molar-refractivity contribution in [1.82, 2.24) is 10.3 Å². The third kappa shape index (κ3) is 4.54. The topological polar surface area (TPSA) is 121 Å². The largest absolute Gasteiger partial charge is 0.459 e. The normalized spacial score (nSPS) is 14.5. The van der Waals surface area contributed by atoms with E-state index in [1.165, 1.54) is 12.3 Å². The van der Waals surface area contributed by atoms with Crippen LogP contribution < -0.4 is 16.2 Å². The molecule has 1 aliphatic rings. The number of pyridine rings is 1. The van der Waals surface area contributed by atoms with Crippen molar-refractivity contribution in [2.24, 2.45) is 5.41 Å². The molecule has 0 radical (unpaired) electrons. The lowest BCUT2D eigenvalue weighted by atomic mass is 9.75. The smallest absolute Gasteiger partial charge is 0.291 e. The van der Waals surface area contributed by atoms with E-state index in [0.29, 0.717) is 29.8 Å². The fourth-order valence-corrected chi connectivity index (χ4v) is 3.83. The van der Waals surface area contributed by atoms with Crippen LogP contribution in [0.1, 0.15) is 62.8 Å². The van der Waals surface area contributed by atoms with Gasteiger partial charge in [0.15, 0.2) is 11.5 Å². The number of rotatable bonds is 5. The molecular formula is C24H23N3O5. The van der Waals surface area contributed by atoms with Gasteiger partial charge in [0, 0.05) is 29.9 Å². The van der Waals surface area contributed by atoms with Crippen molar-refractivity contribution in [1.29, 1.82) is 0 Å². The van der Waals surface area contributed by atoms with E-state index in [9.17, 15) is 19.2 Å². The summed E-state index contributed by atoms with van der Waals surface area (Å²) in [6.07, 6.45) is 2.35. The minimum Gasteiger partial charge on any atom is -0.459 e. The second-order valence-electron chi connectivity index (χ2n) is 8.66. The molecule has 2 heterocycles. The first kappa shape index (κ1) is 21.3. The number of aromatic amines is 1. The molecule has 164 valence electrons. The molecule has 0 unspecified atom stereocenters. The summed E-state index contributed by atoms with van der Waals surface area (Å²) in [4.78, 5) is 52.4. The highest BCUT2D eigenvalue weighted by Gasteiger charge is 2.32. The number of anilines is 1. The lowest BCUT2D eigenvalue weighted by Crippen LogP contribution is -2.34. The Hall–Kier alpha value is -3.94. The summed E-state index contributed by atoms with van der Waals surface area (Å²) in [7, 11) is 0. The fraction of sp³-hybridized carbons (Fsp3) is 0.250. The maximum atomic E-state index is 12.7. The van der Waals surface area contributed by atoms with E-state index in [1.54, 1.807) is 36.4 Å². The van der Waals surface area contributed by atoms with E-state index < -0.39 is 11.5 Å². The molecule has 2 amide bonds. The van der Waals surface area contributed by atoms with E-state index >= 15 is 0 Å². The number of nitrogens with one attached hydrogen (secondary N) is 3. The second-order valence-corrected chi connectivity index (χ2v) is 8.66. The van der Waals surface area contributed by atoms with Gasteiger partial charge < -0.3 is 20.0 Å². The van der Waals surface area contributed by atoms with E-state index in [1.807, 2.05) is 13.8 Å². The number of aromatic nitrogens is 1. The number of hydrogen-bond acceptors (Lipinski definition) is 5. The summed E-state index contributed by atoms with van der Waals surface area (Å²) < 4.78 is 5.07. The first-order valence-corrected chi connectivity index (χ1v) is 10.2. The first-order chi connectivity index (χ1) is 15.2. The number of furan rings is 1. The van der Waals surface area contributed by atoms with E-state index in [-0.39, 0.29) is 35.0 Å². The van der Waals surface area contributed by atoms with E-state index in [4.69, 9.17) is 4.42 Å². The van der Waals surface area contributed by atoms with Gasteiger partial charge in [0.2, 0.25) is 0 Å². The SMILES string of the molecule is CC1(C)CC(=O)c2cc(C(=O)NCc3cccc(NC(=O)c4ccco4)c3)c(=O)[nH]c2C1. The number of fused-ring (bicyclic) bond motifs is 1. The molecule has 4 rings (SSSR count). The average Bonchev–Trinajstić information content (AvgIpc) is 3.26. The summed E-state index contributed by atoms with van der Waals surface area (Å²) >= 11 is 0. The van der Waals surface area contributed by atoms with Crippen LogP contribution in [0.3, 0.4) is 0 Å². The van der Waals surface area contributed by atoms with Crippen LogP contribution in [0, 0.1) is 5.41 Å². The number of carbonyl (C=O) groups is 3. The summed E-state index contributed by atoms with van der Waals surface area (Å²) in [6.45, 7) is 4.08. The number of Topliss-reactive ketones (excluding diaryl/α,β-unsaturated/α-hetero) is 1. The number of carbonyl (C=O) groups excluding carboxylic acids is 3. The van der Waals surface area contributed by atoms with Crippen molar-refractivity contribution in [3.63, 3.8) is 0 Å². The van der Waals surface area contributed by atoms with Gasteiger partial charge in [0.1, 0.15) is 5.56 Å². The third-order valence-corrected chi connectivity index (χ3v) is 5.35. The van der Waals surface area contributed by atoms with Crippen LogP contribution in [0.4, 0.5) is 5.69 Å². The van der Waals surface area contributed by atoms with Crippen molar-refractivity contribution >= 4 is 23.3 Å². The van der Waals surface area contributed by atoms with Gasteiger partial charge in [-0.2, -0.15) is 0 Å². The van der Waals surface area contributed by atoms with Gasteiger partial charge in [-0.1, -0.05) is 26.0 Å². The molecule has 3 aromatic rings. The van der Waals surface area contributed by atoms with Crippen molar-refractivity contribution in [2.75, 3.05) is 5.32 Å². The minimum absolute atomic E-state index is 0.0819. The maximum absolute atomic E-state index is 12.7. The lowest BCUT2D eigenvalue weighted by Gasteiger charge is -2.29. The van der Waals surface area contributed by atoms with Crippen LogP contribution in [0.5, 0.6) is 0 Å². The van der Waals surface area contributed by atoms with Gasteiger partial charge in [-0.15, -0.1) is 0 Å². The molecule has 8 nitrogen and oxygen atoms in total. The number of benzene rings is 1. The Bertz CT molecular complexity index is 1250. The minimum atomic E-state index is -0.572. The van der Waals surface area contributed by atoms with Crippen molar-refractivity contribution in [3.05, 3.63) is 87.2 Å². The number of ketones is 1. The third-order valence-electron chi connectivity index (χ3n) is 5.35. The van der Waals surface area contributed by atoms with Gasteiger partial charge in [-0.05, 0) is 47.7 Å². The summed E-state index contributed by atoms with van der Waals surface area (Å²) in [5.74, 6) is -0.851. The summed E-state index contributed by atoms with van der Waals surface area (Å²) in [5, 5.41) is 5.42. The Labute approximate surface area is 184 Å². The maximum Gasteiger partial charge on any atom is 0.291 e. The van der Waals surface area contributed by atoms with Crippen LogP contribution in [0.2, 0.25) is 0 Å². The highest BCUT2D eigenvalue weighted by Crippen LogP contribution is 2.33. The molecule has 0 fully saturated rings. The summed E-state index contributed by atoms with van der Waals surface area (Å²) in [6, 6.07) is 11.5. The molecule has 1 aliphatic carbocycles. The molecule has 1 aromatic carbocycles.